The summed E-state index contributed by atoms with van der Waals surface area (Å²) < 4.78 is 5.23. The van der Waals surface area contributed by atoms with E-state index in [9.17, 15) is 4.79 Å². The summed E-state index contributed by atoms with van der Waals surface area (Å²) >= 11 is 1.31. The number of aromatic nitrogens is 2. The summed E-state index contributed by atoms with van der Waals surface area (Å²) in [5, 5.41) is 16.9. The fourth-order valence-corrected chi connectivity index (χ4v) is 2.18. The lowest BCUT2D eigenvalue weighted by molar-refractivity contribution is 0.0696. The lowest BCUT2D eigenvalue weighted by atomic mass is 10.1. The molecule has 0 aliphatic carbocycles. The molecule has 0 fully saturated rings. The van der Waals surface area contributed by atoms with Crippen LogP contribution in [0.25, 0.3) is 0 Å². The molecule has 0 radical (unpaired) electrons. The fraction of sp³-hybridized carbons (Fsp3) is 0.182. The van der Waals surface area contributed by atoms with E-state index in [2.05, 4.69) is 10.2 Å². The zero-order valence-electron chi connectivity index (χ0n) is 9.30. The van der Waals surface area contributed by atoms with Crippen LogP contribution in [0.5, 0.6) is 0 Å². The largest absolute Gasteiger partial charge is 0.478 e. The molecule has 0 atom stereocenters. The highest BCUT2D eigenvalue weighted by molar-refractivity contribution is 7.99. The number of aryl methyl sites for hydroxylation is 2. The minimum atomic E-state index is -0.923. The number of carbonyl (C=O) groups is 1. The molecule has 0 saturated heterocycles. The van der Waals surface area contributed by atoms with Crippen LogP contribution in [0.15, 0.2) is 32.7 Å². The Bertz CT molecular complexity index is 566. The van der Waals surface area contributed by atoms with Crippen LogP contribution in [0.4, 0.5) is 0 Å². The third-order valence-electron chi connectivity index (χ3n) is 2.14. The minimum absolute atomic E-state index is 0.302. The van der Waals surface area contributed by atoms with Crippen LogP contribution in [0.3, 0.4) is 0 Å². The van der Waals surface area contributed by atoms with E-state index in [4.69, 9.17) is 9.52 Å². The summed E-state index contributed by atoms with van der Waals surface area (Å²) in [5.74, 6) is -0.418. The maximum absolute atomic E-state index is 10.8. The number of benzene rings is 1. The Labute approximate surface area is 102 Å². The van der Waals surface area contributed by atoms with Crippen molar-refractivity contribution in [3.8, 4) is 0 Å². The summed E-state index contributed by atoms with van der Waals surface area (Å²) in [6.07, 6.45) is 0. The fourth-order valence-electron chi connectivity index (χ4n) is 1.36. The Hall–Kier alpha value is -1.82. The lowest BCUT2D eigenvalue weighted by Gasteiger charge is -2.02. The van der Waals surface area contributed by atoms with Crippen molar-refractivity contribution in [1.29, 1.82) is 0 Å². The Kier molecular flexibility index (Phi) is 3.14. The van der Waals surface area contributed by atoms with E-state index in [0.717, 1.165) is 4.90 Å². The van der Waals surface area contributed by atoms with E-state index in [-0.39, 0.29) is 0 Å². The van der Waals surface area contributed by atoms with E-state index in [1.54, 1.807) is 32.0 Å². The van der Waals surface area contributed by atoms with E-state index >= 15 is 0 Å². The van der Waals surface area contributed by atoms with Crippen LogP contribution in [0.1, 0.15) is 21.8 Å². The number of rotatable bonds is 3. The second-order valence-electron chi connectivity index (χ2n) is 3.47. The highest BCUT2D eigenvalue weighted by atomic mass is 32.2. The van der Waals surface area contributed by atoms with Crippen molar-refractivity contribution in [3.63, 3.8) is 0 Å². The van der Waals surface area contributed by atoms with Gasteiger partial charge in [-0.2, -0.15) is 0 Å². The molecule has 1 N–H and O–H groups in total. The zero-order chi connectivity index (χ0) is 12.4. The van der Waals surface area contributed by atoms with Crippen molar-refractivity contribution in [2.75, 3.05) is 0 Å². The average molecular weight is 250 g/mol. The molecular formula is C11H10N2O3S. The van der Waals surface area contributed by atoms with Crippen LogP contribution < -0.4 is 0 Å². The van der Waals surface area contributed by atoms with Crippen LogP contribution in [-0.4, -0.2) is 21.3 Å². The van der Waals surface area contributed by atoms with Gasteiger partial charge in [0.1, 0.15) is 0 Å². The van der Waals surface area contributed by atoms with Crippen LogP contribution in [-0.2, 0) is 0 Å². The molecule has 0 saturated carbocycles. The topological polar surface area (TPSA) is 76.2 Å². The number of aromatic carboxylic acids is 1. The Morgan fingerprint density at radius 2 is 2.12 bits per heavy atom. The maximum atomic E-state index is 10.8. The van der Waals surface area contributed by atoms with E-state index < -0.39 is 5.97 Å². The van der Waals surface area contributed by atoms with Crippen molar-refractivity contribution < 1.29 is 14.3 Å². The smallest absolute Gasteiger partial charge is 0.335 e. The molecule has 6 heteroatoms. The SMILES string of the molecule is Cc1nnc(Sc2ccc(C(=O)O)c(C)c2)o1. The summed E-state index contributed by atoms with van der Waals surface area (Å²) in [6, 6.07) is 5.08. The quantitative estimate of drug-likeness (QED) is 0.902. The summed E-state index contributed by atoms with van der Waals surface area (Å²) in [6.45, 7) is 3.47. The molecule has 2 aromatic rings. The van der Waals surface area contributed by atoms with Gasteiger partial charge >= 0.3 is 5.97 Å². The van der Waals surface area contributed by atoms with Gasteiger partial charge in [-0.25, -0.2) is 4.79 Å². The van der Waals surface area contributed by atoms with Gasteiger partial charge < -0.3 is 9.52 Å². The Morgan fingerprint density at radius 3 is 2.65 bits per heavy atom. The number of carboxylic acid groups (broad SMARTS) is 1. The molecule has 0 amide bonds. The second kappa shape index (κ2) is 4.58. The van der Waals surface area contributed by atoms with Gasteiger partial charge in [-0.3, -0.25) is 0 Å². The molecule has 1 heterocycles. The molecular weight excluding hydrogens is 240 g/mol. The molecule has 0 bridgehead atoms. The first-order chi connectivity index (χ1) is 8.06. The van der Waals surface area contributed by atoms with Gasteiger partial charge in [-0.15, -0.1) is 10.2 Å². The predicted octanol–water partition coefficient (Wildman–Crippen LogP) is 2.54. The number of hydrogen-bond acceptors (Lipinski definition) is 5. The van der Waals surface area contributed by atoms with Gasteiger partial charge in [0.15, 0.2) is 0 Å². The Balaban J connectivity index is 2.23. The third kappa shape index (κ3) is 2.65. The van der Waals surface area contributed by atoms with Gasteiger partial charge in [-0.05, 0) is 42.4 Å². The summed E-state index contributed by atoms with van der Waals surface area (Å²) in [4.78, 5) is 11.7. The third-order valence-corrected chi connectivity index (χ3v) is 2.97. The van der Waals surface area contributed by atoms with Gasteiger partial charge in [0, 0.05) is 11.8 Å². The van der Waals surface area contributed by atoms with Crippen LogP contribution in [0.2, 0.25) is 0 Å². The van der Waals surface area contributed by atoms with Crippen LogP contribution >= 0.6 is 11.8 Å². The van der Waals surface area contributed by atoms with Crippen molar-refractivity contribution in [3.05, 3.63) is 35.2 Å². The molecule has 1 aromatic heterocycles. The van der Waals surface area contributed by atoms with Crippen molar-refractivity contribution in [1.82, 2.24) is 10.2 Å². The molecule has 0 aliphatic heterocycles. The van der Waals surface area contributed by atoms with Gasteiger partial charge in [-0.1, -0.05) is 0 Å². The van der Waals surface area contributed by atoms with E-state index in [1.807, 2.05) is 0 Å². The van der Waals surface area contributed by atoms with Crippen molar-refractivity contribution in [2.45, 2.75) is 24.0 Å². The molecule has 88 valence electrons. The Morgan fingerprint density at radius 1 is 1.35 bits per heavy atom. The standard InChI is InChI=1S/C11H10N2O3S/c1-6-5-8(3-4-9(6)10(14)15)17-11-13-12-7(2)16-11/h3-5H,1-2H3,(H,14,15). The predicted molar refractivity (Wildman–Crippen MR) is 61.3 cm³/mol. The molecule has 1 aromatic carbocycles. The first-order valence-corrected chi connectivity index (χ1v) is 5.70. The maximum Gasteiger partial charge on any atom is 0.335 e. The van der Waals surface area contributed by atoms with Crippen LogP contribution in [0, 0.1) is 13.8 Å². The number of nitrogens with zero attached hydrogens (tertiary/aromatic N) is 2. The molecule has 0 unspecified atom stereocenters. The van der Waals surface area contributed by atoms with Gasteiger partial charge in [0.2, 0.25) is 5.89 Å². The molecule has 17 heavy (non-hydrogen) atoms. The van der Waals surface area contributed by atoms with Crippen molar-refractivity contribution in [2.24, 2.45) is 0 Å². The average Bonchev–Trinajstić information content (AvgIpc) is 2.63. The van der Waals surface area contributed by atoms with E-state index in [1.165, 1.54) is 11.8 Å². The number of carboxylic acids is 1. The minimum Gasteiger partial charge on any atom is -0.478 e. The molecule has 0 aliphatic rings. The number of hydrogen-bond donors (Lipinski definition) is 1. The highest BCUT2D eigenvalue weighted by Gasteiger charge is 2.09. The normalized spacial score (nSPS) is 10.5. The molecule has 2 rings (SSSR count). The van der Waals surface area contributed by atoms with Crippen molar-refractivity contribution >= 4 is 17.7 Å². The van der Waals surface area contributed by atoms with Gasteiger partial charge in [0.25, 0.3) is 5.22 Å². The summed E-state index contributed by atoms with van der Waals surface area (Å²) in [5.41, 5.74) is 1.01. The van der Waals surface area contributed by atoms with Gasteiger partial charge in [0.05, 0.1) is 5.56 Å². The molecule has 0 spiro atoms. The first-order valence-electron chi connectivity index (χ1n) is 4.88. The zero-order valence-corrected chi connectivity index (χ0v) is 10.1. The monoisotopic (exact) mass is 250 g/mol. The van der Waals surface area contributed by atoms with E-state index in [0.29, 0.717) is 22.2 Å². The highest BCUT2D eigenvalue weighted by Crippen LogP contribution is 2.27. The molecule has 5 nitrogen and oxygen atoms in total. The first kappa shape index (κ1) is 11.7. The summed E-state index contributed by atoms with van der Waals surface area (Å²) in [7, 11) is 0. The lowest BCUT2D eigenvalue weighted by Crippen LogP contribution is -1.98. The second-order valence-corrected chi connectivity index (χ2v) is 4.50.